The Morgan fingerprint density at radius 1 is 0.963 bits per heavy atom. The van der Waals surface area contributed by atoms with Crippen molar-refractivity contribution in [2.45, 2.75) is 27.2 Å². The smallest absolute Gasteiger partial charge is 0.263 e. The summed E-state index contributed by atoms with van der Waals surface area (Å²) in [4.78, 5) is 12.6. The minimum absolute atomic E-state index is 0.162. The van der Waals surface area contributed by atoms with Crippen molar-refractivity contribution >= 4 is 11.6 Å². The molecule has 1 N–H and O–H groups in total. The summed E-state index contributed by atoms with van der Waals surface area (Å²) in [5.74, 6) is 0.734. The average Bonchev–Trinajstić information content (AvgIpc) is 2.64. The van der Waals surface area contributed by atoms with E-state index in [2.05, 4.69) is 5.32 Å². The van der Waals surface area contributed by atoms with Gasteiger partial charge in [0.05, 0.1) is 19.8 Å². The topological polar surface area (TPSA) is 56.8 Å². The van der Waals surface area contributed by atoms with Gasteiger partial charge in [-0.15, -0.1) is 0 Å². The number of alkyl halides is 2. The van der Waals surface area contributed by atoms with Crippen LogP contribution >= 0.6 is 0 Å². The molecule has 2 aromatic carbocycles. The van der Waals surface area contributed by atoms with Crippen LogP contribution < -0.4 is 19.5 Å². The van der Waals surface area contributed by atoms with Gasteiger partial charge < -0.3 is 19.5 Å². The van der Waals surface area contributed by atoms with E-state index in [9.17, 15) is 13.6 Å². The molecule has 5 nitrogen and oxygen atoms in total. The molecule has 146 valence electrons. The molecule has 0 atom stereocenters. The maximum absolute atomic E-state index is 12.8. The molecule has 0 aliphatic carbocycles. The number of halogens is 2. The summed E-state index contributed by atoms with van der Waals surface area (Å²) < 4.78 is 42.5. The van der Waals surface area contributed by atoms with Crippen LogP contribution in [0.25, 0.3) is 0 Å². The summed E-state index contributed by atoms with van der Waals surface area (Å²) in [7, 11) is 0. The van der Waals surface area contributed by atoms with E-state index in [0.29, 0.717) is 37.1 Å². The molecule has 1 amide bonds. The molecular weight excluding hydrogens is 356 g/mol. The summed E-state index contributed by atoms with van der Waals surface area (Å²) in [5, 5.41) is 2.62. The fourth-order valence-corrected chi connectivity index (χ4v) is 2.48. The minimum atomic E-state index is -2.61. The maximum Gasteiger partial charge on any atom is 0.263 e. The summed E-state index contributed by atoms with van der Waals surface area (Å²) in [6.45, 7) is 6.64. The predicted molar refractivity (Wildman–Crippen MR) is 99.3 cm³/mol. The lowest BCUT2D eigenvalue weighted by atomic mass is 10.1. The number of carbonyl (C=O) groups is 1. The molecule has 0 saturated heterocycles. The molecule has 2 rings (SSSR count). The van der Waals surface area contributed by atoms with Crippen LogP contribution in [0.15, 0.2) is 36.4 Å². The summed E-state index contributed by atoms with van der Waals surface area (Å²) in [6, 6.07) is 8.64. The van der Waals surface area contributed by atoms with Crippen LogP contribution in [0.5, 0.6) is 17.2 Å². The highest BCUT2D eigenvalue weighted by molar-refractivity contribution is 6.05. The Hall–Kier alpha value is -2.83. The van der Waals surface area contributed by atoms with Gasteiger partial charge in [-0.05, 0) is 45.0 Å². The minimum Gasteiger partial charge on any atom is -0.490 e. The van der Waals surface area contributed by atoms with Gasteiger partial charge in [0, 0.05) is 16.8 Å². The zero-order valence-electron chi connectivity index (χ0n) is 15.6. The van der Waals surface area contributed by atoms with Crippen molar-refractivity contribution in [3.63, 3.8) is 0 Å². The number of carbonyl (C=O) groups excluding carboxylic acids is 1. The molecule has 0 aromatic heterocycles. The number of benzene rings is 2. The van der Waals surface area contributed by atoms with E-state index in [1.54, 1.807) is 18.2 Å². The number of ether oxygens (including phenoxy) is 3. The Morgan fingerprint density at radius 3 is 2.07 bits per heavy atom. The Labute approximate surface area is 157 Å². The normalized spacial score (nSPS) is 10.6. The Kier molecular flexibility index (Phi) is 7.40. The lowest BCUT2D eigenvalue weighted by molar-refractivity contribution is 0.102. The second-order valence-corrected chi connectivity index (χ2v) is 5.48. The number of anilines is 1. The van der Waals surface area contributed by atoms with E-state index in [1.165, 1.54) is 18.2 Å². The van der Waals surface area contributed by atoms with Crippen LogP contribution in [0.4, 0.5) is 14.5 Å². The van der Waals surface area contributed by atoms with Gasteiger partial charge in [-0.3, -0.25) is 4.79 Å². The van der Waals surface area contributed by atoms with Crippen LogP contribution in [0.1, 0.15) is 43.1 Å². The third kappa shape index (κ3) is 5.32. The lowest BCUT2D eigenvalue weighted by Gasteiger charge is -2.17. The summed E-state index contributed by atoms with van der Waals surface area (Å²) in [5.41, 5.74) is 0.389. The predicted octanol–water partition coefficient (Wildman–Crippen LogP) is 5.07. The van der Waals surface area contributed by atoms with E-state index >= 15 is 0 Å². The highest BCUT2D eigenvalue weighted by Crippen LogP contribution is 2.39. The molecule has 0 bridgehead atoms. The first kappa shape index (κ1) is 20.5. The van der Waals surface area contributed by atoms with Crippen LogP contribution in [0, 0.1) is 0 Å². The first-order valence-electron chi connectivity index (χ1n) is 8.76. The van der Waals surface area contributed by atoms with Crippen molar-refractivity contribution in [1.29, 1.82) is 0 Å². The van der Waals surface area contributed by atoms with Crippen molar-refractivity contribution in [3.8, 4) is 17.2 Å². The third-order valence-corrected chi connectivity index (χ3v) is 3.57. The fraction of sp³-hybridized carbons (Fsp3) is 0.350. The number of hydrogen-bond acceptors (Lipinski definition) is 4. The second-order valence-electron chi connectivity index (χ2n) is 5.48. The molecule has 0 radical (unpaired) electrons. The van der Waals surface area contributed by atoms with Gasteiger partial charge in [0.2, 0.25) is 5.75 Å². The molecule has 0 heterocycles. The van der Waals surface area contributed by atoms with Gasteiger partial charge in [0.15, 0.2) is 11.5 Å². The van der Waals surface area contributed by atoms with E-state index in [-0.39, 0.29) is 16.8 Å². The zero-order valence-corrected chi connectivity index (χ0v) is 15.6. The standard InChI is InChI=1S/C20H23F2NO4/c1-4-25-16-11-14(12-17(26-5-2)18(16)27-6-3)20(24)23-15-9-7-8-13(10-15)19(21)22/h7-12,19H,4-6H2,1-3H3,(H,23,24). The van der Waals surface area contributed by atoms with Gasteiger partial charge >= 0.3 is 0 Å². The zero-order chi connectivity index (χ0) is 19.8. The molecule has 7 heteroatoms. The van der Waals surface area contributed by atoms with Gasteiger partial charge in [0.25, 0.3) is 12.3 Å². The molecular formula is C20H23F2NO4. The SMILES string of the molecule is CCOc1cc(C(=O)Nc2cccc(C(F)F)c2)cc(OCC)c1OCC. The van der Waals surface area contributed by atoms with Gasteiger partial charge in [-0.2, -0.15) is 0 Å². The summed E-state index contributed by atoms with van der Waals surface area (Å²) in [6.07, 6.45) is -2.61. The Balaban J connectivity index is 2.35. The van der Waals surface area contributed by atoms with Crippen molar-refractivity contribution in [2.75, 3.05) is 25.1 Å². The molecule has 2 aromatic rings. The van der Waals surface area contributed by atoms with Crippen LogP contribution in [0.2, 0.25) is 0 Å². The number of nitrogens with one attached hydrogen (secondary N) is 1. The fourth-order valence-electron chi connectivity index (χ4n) is 2.48. The lowest BCUT2D eigenvalue weighted by Crippen LogP contribution is -2.13. The highest BCUT2D eigenvalue weighted by Gasteiger charge is 2.19. The molecule has 0 aliphatic heterocycles. The van der Waals surface area contributed by atoms with E-state index in [0.717, 1.165) is 0 Å². The van der Waals surface area contributed by atoms with Crippen LogP contribution in [-0.2, 0) is 0 Å². The molecule has 0 spiro atoms. The van der Waals surface area contributed by atoms with Crippen molar-refractivity contribution in [3.05, 3.63) is 47.5 Å². The summed E-state index contributed by atoms with van der Waals surface area (Å²) >= 11 is 0. The highest BCUT2D eigenvalue weighted by atomic mass is 19.3. The molecule has 0 aliphatic rings. The van der Waals surface area contributed by atoms with E-state index in [1.807, 2.05) is 20.8 Å². The Bertz CT molecular complexity index is 753. The first-order valence-corrected chi connectivity index (χ1v) is 8.76. The van der Waals surface area contributed by atoms with Crippen molar-refractivity contribution < 1.29 is 27.8 Å². The van der Waals surface area contributed by atoms with Crippen LogP contribution in [-0.4, -0.2) is 25.7 Å². The van der Waals surface area contributed by atoms with Crippen LogP contribution in [0.3, 0.4) is 0 Å². The maximum atomic E-state index is 12.8. The number of hydrogen-bond donors (Lipinski definition) is 1. The second kappa shape index (κ2) is 9.75. The third-order valence-electron chi connectivity index (χ3n) is 3.57. The first-order chi connectivity index (χ1) is 13.0. The van der Waals surface area contributed by atoms with Gasteiger partial charge in [-0.25, -0.2) is 8.78 Å². The van der Waals surface area contributed by atoms with E-state index in [4.69, 9.17) is 14.2 Å². The van der Waals surface area contributed by atoms with E-state index < -0.39 is 12.3 Å². The van der Waals surface area contributed by atoms with Gasteiger partial charge in [0.1, 0.15) is 0 Å². The monoisotopic (exact) mass is 379 g/mol. The molecule has 0 unspecified atom stereocenters. The van der Waals surface area contributed by atoms with Crippen molar-refractivity contribution in [2.24, 2.45) is 0 Å². The quantitative estimate of drug-likeness (QED) is 0.661. The largest absolute Gasteiger partial charge is 0.490 e. The molecule has 27 heavy (non-hydrogen) atoms. The molecule has 0 fully saturated rings. The van der Waals surface area contributed by atoms with Gasteiger partial charge in [-0.1, -0.05) is 12.1 Å². The number of rotatable bonds is 9. The average molecular weight is 379 g/mol. The molecule has 0 saturated carbocycles. The number of amides is 1. The Morgan fingerprint density at radius 2 is 1.56 bits per heavy atom. The van der Waals surface area contributed by atoms with Crippen molar-refractivity contribution in [1.82, 2.24) is 0 Å².